The number of alkyl halides is 2. The third-order valence-corrected chi connectivity index (χ3v) is 5.79. The van der Waals surface area contributed by atoms with Crippen molar-refractivity contribution in [2.75, 3.05) is 13.2 Å². The lowest BCUT2D eigenvalue weighted by molar-refractivity contribution is -0.122. The van der Waals surface area contributed by atoms with Gasteiger partial charge in [0.15, 0.2) is 0 Å². The molecule has 0 amide bonds. The van der Waals surface area contributed by atoms with Crippen LogP contribution < -0.4 is 4.72 Å². The zero-order chi connectivity index (χ0) is 18.0. The van der Waals surface area contributed by atoms with Crippen LogP contribution in [0.3, 0.4) is 0 Å². The third-order valence-electron chi connectivity index (χ3n) is 4.25. The Morgan fingerprint density at radius 2 is 2.08 bits per heavy atom. The monoisotopic (exact) mass is 359 g/mol. The van der Waals surface area contributed by atoms with Crippen molar-refractivity contribution in [2.45, 2.75) is 63.2 Å². The Bertz CT molecular complexity index is 542. The lowest BCUT2D eigenvalue weighted by Gasteiger charge is -2.26. The second kappa shape index (κ2) is 7.68. The molecule has 1 aromatic carbocycles. The summed E-state index contributed by atoms with van der Waals surface area (Å²) in [5, 5.41) is 0. The molecule has 0 bridgehead atoms. The van der Waals surface area contributed by atoms with Crippen LogP contribution in [-0.2, 0) is 22.0 Å². The van der Waals surface area contributed by atoms with Gasteiger partial charge in [0.2, 0.25) is 0 Å². The predicted octanol–water partition coefficient (Wildman–Crippen LogP) is 4.11. The molecular formula is C18H27F2NO2S. The van der Waals surface area contributed by atoms with Crippen molar-refractivity contribution in [1.29, 1.82) is 0 Å². The normalized spacial score (nSPS) is 21.7. The second-order valence-electron chi connectivity index (χ2n) is 7.38. The van der Waals surface area contributed by atoms with E-state index in [4.69, 9.17) is 4.74 Å². The van der Waals surface area contributed by atoms with Gasteiger partial charge in [-0.15, -0.1) is 4.72 Å². The Labute approximate surface area is 146 Å². The van der Waals surface area contributed by atoms with E-state index in [0.29, 0.717) is 26.0 Å². The molecule has 2 unspecified atom stereocenters. The van der Waals surface area contributed by atoms with Crippen molar-refractivity contribution < 1.29 is 18.1 Å². The van der Waals surface area contributed by atoms with Crippen molar-refractivity contribution in [3.63, 3.8) is 0 Å². The predicted molar refractivity (Wildman–Crippen MR) is 93.6 cm³/mol. The van der Waals surface area contributed by atoms with Gasteiger partial charge in [0.25, 0.3) is 5.92 Å². The second-order valence-corrected chi connectivity index (χ2v) is 9.43. The van der Waals surface area contributed by atoms with E-state index in [9.17, 15) is 13.3 Å². The number of benzene rings is 1. The zero-order valence-electron chi connectivity index (χ0n) is 14.8. The molecule has 0 radical (unpaired) electrons. The summed E-state index contributed by atoms with van der Waals surface area (Å²) in [7, 11) is 0. The van der Waals surface area contributed by atoms with Gasteiger partial charge in [0.05, 0.1) is 0 Å². The van der Waals surface area contributed by atoms with Gasteiger partial charge in [0, 0.05) is 30.1 Å². The van der Waals surface area contributed by atoms with E-state index in [1.54, 1.807) is 12.1 Å². The fourth-order valence-corrected chi connectivity index (χ4v) is 3.47. The van der Waals surface area contributed by atoms with Crippen LogP contribution >= 0.6 is 0 Å². The first-order chi connectivity index (χ1) is 11.1. The fourth-order valence-electron chi connectivity index (χ4n) is 2.64. The number of nitrogens with one attached hydrogen (secondary N) is 1. The molecule has 1 fully saturated rings. The van der Waals surface area contributed by atoms with Gasteiger partial charge >= 0.3 is 0 Å². The summed E-state index contributed by atoms with van der Waals surface area (Å²) in [6.45, 7) is 8.49. The van der Waals surface area contributed by atoms with Gasteiger partial charge in [-0.25, -0.2) is 0 Å². The Hall–Kier alpha value is -0.690. The van der Waals surface area contributed by atoms with Crippen LogP contribution in [0.5, 0.6) is 0 Å². The quantitative estimate of drug-likeness (QED) is 0.777. The van der Waals surface area contributed by atoms with E-state index in [0.717, 1.165) is 5.56 Å². The molecule has 0 aromatic heterocycles. The van der Waals surface area contributed by atoms with Crippen molar-refractivity contribution >= 4 is 11.4 Å². The molecule has 2 rings (SSSR count). The maximum absolute atomic E-state index is 14.6. The van der Waals surface area contributed by atoms with Crippen LogP contribution in [-0.4, -0.2) is 28.6 Å². The molecule has 6 heteroatoms. The van der Waals surface area contributed by atoms with Crippen LogP contribution in [0.25, 0.3) is 0 Å². The van der Waals surface area contributed by atoms with Crippen LogP contribution in [0.4, 0.5) is 8.78 Å². The molecule has 1 N–H and O–H groups in total. The summed E-state index contributed by atoms with van der Waals surface area (Å²) in [4.78, 5) is 0. The smallest absolute Gasteiger partial charge is 0.298 e. The van der Waals surface area contributed by atoms with E-state index in [1.807, 2.05) is 33.8 Å². The standard InChI is InChI=1S/C18H27F2NO2S/c1-13(12-21-24(22)17(2,3)4)14-7-5-8-15(11-14)18(19,20)16-9-6-10-23-16/h5,7-8,11,13,16,21H,6,9-10,12H2,1-4H3/t13?,16?,24-/m1/s1. The fraction of sp³-hybridized carbons (Fsp3) is 0.667. The first-order valence-electron chi connectivity index (χ1n) is 8.37. The van der Waals surface area contributed by atoms with Crippen molar-refractivity contribution in [1.82, 2.24) is 4.72 Å². The van der Waals surface area contributed by atoms with Crippen molar-refractivity contribution in [3.8, 4) is 0 Å². The van der Waals surface area contributed by atoms with Gasteiger partial charge in [-0.3, -0.25) is 0 Å². The molecule has 0 aliphatic carbocycles. The number of hydrogen-bond donors (Lipinski definition) is 1. The minimum atomic E-state index is -2.98. The lowest BCUT2D eigenvalue weighted by Crippen LogP contribution is -2.40. The molecule has 24 heavy (non-hydrogen) atoms. The van der Waals surface area contributed by atoms with Gasteiger partial charge in [-0.2, -0.15) is 8.78 Å². The number of hydrogen-bond acceptors (Lipinski definition) is 3. The Morgan fingerprint density at radius 1 is 1.38 bits per heavy atom. The minimum Gasteiger partial charge on any atom is -0.598 e. The maximum atomic E-state index is 14.6. The topological polar surface area (TPSA) is 44.3 Å². The van der Waals surface area contributed by atoms with Crippen molar-refractivity contribution in [3.05, 3.63) is 35.4 Å². The van der Waals surface area contributed by atoms with Crippen LogP contribution in [0.2, 0.25) is 0 Å². The van der Waals surface area contributed by atoms with Gasteiger partial charge in [0.1, 0.15) is 10.9 Å². The summed E-state index contributed by atoms with van der Waals surface area (Å²) in [5.41, 5.74) is 0.805. The SMILES string of the molecule is CC(CN[S@+]([O-])C(C)(C)C)c1cccc(C(F)(F)C2CCCO2)c1. The van der Waals surface area contributed by atoms with Crippen molar-refractivity contribution in [2.24, 2.45) is 0 Å². The highest BCUT2D eigenvalue weighted by atomic mass is 32.2. The maximum Gasteiger partial charge on any atom is 0.298 e. The summed E-state index contributed by atoms with van der Waals surface area (Å²) in [5.74, 6) is -3.00. The largest absolute Gasteiger partial charge is 0.598 e. The number of ether oxygens (including phenoxy) is 1. The number of halogens is 2. The first kappa shape index (κ1) is 19.6. The highest BCUT2D eigenvalue weighted by molar-refractivity contribution is 7.90. The third kappa shape index (κ3) is 4.69. The molecule has 0 saturated carbocycles. The highest BCUT2D eigenvalue weighted by Gasteiger charge is 2.44. The van der Waals surface area contributed by atoms with Gasteiger partial charge < -0.3 is 9.29 Å². The molecule has 136 valence electrons. The summed E-state index contributed by atoms with van der Waals surface area (Å²) < 4.78 is 49.1. The van der Waals surface area contributed by atoms with E-state index < -0.39 is 23.4 Å². The lowest BCUT2D eigenvalue weighted by atomic mass is 9.94. The molecule has 3 nitrogen and oxygen atoms in total. The Morgan fingerprint density at radius 3 is 2.67 bits per heavy atom. The number of rotatable bonds is 6. The minimum absolute atomic E-state index is 0.00399. The van der Waals surface area contributed by atoms with Crippen LogP contribution in [0.15, 0.2) is 24.3 Å². The van der Waals surface area contributed by atoms with E-state index in [2.05, 4.69) is 4.72 Å². The molecular weight excluding hydrogens is 332 g/mol. The average Bonchev–Trinajstić information content (AvgIpc) is 3.06. The first-order valence-corrected chi connectivity index (χ1v) is 9.52. The van der Waals surface area contributed by atoms with E-state index in [-0.39, 0.29) is 16.2 Å². The van der Waals surface area contributed by atoms with Gasteiger partial charge in [-0.1, -0.05) is 25.1 Å². The molecule has 1 aliphatic heterocycles. The molecule has 3 atom stereocenters. The molecule has 0 spiro atoms. The Kier molecular flexibility index (Phi) is 6.29. The zero-order valence-corrected chi connectivity index (χ0v) is 15.6. The van der Waals surface area contributed by atoms with E-state index >= 15 is 0 Å². The highest BCUT2D eigenvalue weighted by Crippen LogP contribution is 2.38. The summed E-state index contributed by atoms with van der Waals surface area (Å²) in [6, 6.07) is 6.50. The molecule has 1 aromatic rings. The van der Waals surface area contributed by atoms with Gasteiger partial charge in [-0.05, 0) is 51.2 Å². The molecule has 1 aliphatic rings. The van der Waals surface area contributed by atoms with E-state index in [1.165, 1.54) is 6.07 Å². The summed E-state index contributed by atoms with van der Waals surface area (Å²) in [6.07, 6.45) is 0.0345. The molecule has 1 saturated heterocycles. The summed E-state index contributed by atoms with van der Waals surface area (Å²) >= 11 is -1.17. The van der Waals surface area contributed by atoms with Crippen LogP contribution in [0.1, 0.15) is 57.6 Å². The Balaban J connectivity index is 2.06. The average molecular weight is 359 g/mol. The van der Waals surface area contributed by atoms with Crippen LogP contribution in [0, 0.1) is 0 Å². The molecule has 1 heterocycles.